The molecule has 0 bridgehead atoms. The summed E-state index contributed by atoms with van der Waals surface area (Å²) < 4.78 is 13.9. The number of rotatable bonds is 0. The van der Waals surface area contributed by atoms with E-state index in [1.54, 1.807) is 13.0 Å². The number of hydrogen-bond acceptors (Lipinski definition) is 1. The van der Waals surface area contributed by atoms with Crippen molar-refractivity contribution >= 4 is 16.7 Å². The molecule has 1 N–H and O–H groups in total. The normalized spacial score (nSPS) is 15.5. The molecule has 3 rings (SSSR count). The molecule has 0 radical (unpaired) electrons. The molecule has 1 aliphatic carbocycles. The largest absolute Gasteiger partial charge is 0.349 e. The number of ketones is 1. The van der Waals surface area contributed by atoms with Crippen LogP contribution < -0.4 is 0 Å². The molecule has 82 valence electrons. The Balaban J connectivity index is 2.40. The Labute approximate surface area is 92.5 Å². The molecule has 0 atom stereocenters. The van der Waals surface area contributed by atoms with Crippen molar-refractivity contribution in [2.45, 2.75) is 26.2 Å². The second kappa shape index (κ2) is 3.17. The summed E-state index contributed by atoms with van der Waals surface area (Å²) in [6.07, 6.45) is 2.30. The number of aryl methyl sites for hydroxylation is 2. The number of Topliss-reactive ketones (excluding diaryl/α,β-unsaturated/α-hetero) is 1. The number of carbonyl (C=O) groups is 1. The molecular weight excluding hydrogens is 205 g/mol. The third kappa shape index (κ3) is 1.14. The van der Waals surface area contributed by atoms with Gasteiger partial charge in [-0.3, -0.25) is 4.79 Å². The Morgan fingerprint density at radius 2 is 2.12 bits per heavy atom. The van der Waals surface area contributed by atoms with Crippen LogP contribution >= 0.6 is 0 Å². The van der Waals surface area contributed by atoms with Crippen LogP contribution in [0.15, 0.2) is 12.1 Å². The molecular formula is C13H12FNO. The van der Waals surface area contributed by atoms with Crippen molar-refractivity contribution in [2.24, 2.45) is 0 Å². The SMILES string of the molecule is Cc1ccc2c3c([nH]c2c1F)C(=O)CCC3. The number of fused-ring (bicyclic) bond motifs is 3. The van der Waals surface area contributed by atoms with Gasteiger partial charge in [-0.05, 0) is 30.9 Å². The summed E-state index contributed by atoms with van der Waals surface area (Å²) >= 11 is 0. The molecule has 0 saturated heterocycles. The number of H-pyrrole nitrogens is 1. The Morgan fingerprint density at radius 1 is 1.31 bits per heavy atom. The maximum atomic E-state index is 13.9. The summed E-state index contributed by atoms with van der Waals surface area (Å²) in [5.41, 5.74) is 2.70. The first-order valence-corrected chi connectivity index (χ1v) is 5.51. The van der Waals surface area contributed by atoms with Gasteiger partial charge in [0.2, 0.25) is 0 Å². The Hall–Kier alpha value is -1.64. The first-order chi connectivity index (χ1) is 7.68. The summed E-state index contributed by atoms with van der Waals surface area (Å²) in [4.78, 5) is 14.6. The first-order valence-electron chi connectivity index (χ1n) is 5.51. The lowest BCUT2D eigenvalue weighted by molar-refractivity contribution is 0.0968. The highest BCUT2D eigenvalue weighted by atomic mass is 19.1. The summed E-state index contributed by atoms with van der Waals surface area (Å²) in [5.74, 6) is -0.130. The van der Waals surface area contributed by atoms with E-state index in [0.29, 0.717) is 23.2 Å². The van der Waals surface area contributed by atoms with Gasteiger partial charge >= 0.3 is 0 Å². The quantitative estimate of drug-likeness (QED) is 0.722. The maximum absolute atomic E-state index is 13.9. The molecule has 1 aromatic carbocycles. The number of halogens is 1. The van der Waals surface area contributed by atoms with E-state index in [4.69, 9.17) is 0 Å². The zero-order valence-corrected chi connectivity index (χ0v) is 9.06. The Kier molecular flexibility index (Phi) is 1.90. The van der Waals surface area contributed by atoms with Crippen LogP contribution in [0.5, 0.6) is 0 Å². The summed E-state index contributed by atoms with van der Waals surface area (Å²) in [7, 11) is 0. The topological polar surface area (TPSA) is 32.9 Å². The summed E-state index contributed by atoms with van der Waals surface area (Å²) in [6, 6.07) is 3.67. The second-order valence-corrected chi connectivity index (χ2v) is 4.37. The fourth-order valence-electron chi connectivity index (χ4n) is 2.44. The lowest BCUT2D eigenvalue weighted by atomic mass is 9.94. The van der Waals surface area contributed by atoms with Gasteiger partial charge in [0.25, 0.3) is 0 Å². The third-order valence-corrected chi connectivity index (χ3v) is 3.32. The van der Waals surface area contributed by atoms with E-state index in [0.717, 1.165) is 23.8 Å². The minimum absolute atomic E-state index is 0.106. The predicted molar refractivity (Wildman–Crippen MR) is 60.3 cm³/mol. The molecule has 2 nitrogen and oxygen atoms in total. The van der Waals surface area contributed by atoms with Crippen molar-refractivity contribution < 1.29 is 9.18 Å². The van der Waals surface area contributed by atoms with E-state index >= 15 is 0 Å². The zero-order chi connectivity index (χ0) is 11.3. The van der Waals surface area contributed by atoms with Crippen LogP contribution in [0.3, 0.4) is 0 Å². The van der Waals surface area contributed by atoms with Crippen molar-refractivity contribution in [3.63, 3.8) is 0 Å². The van der Waals surface area contributed by atoms with Crippen molar-refractivity contribution in [1.29, 1.82) is 0 Å². The Bertz CT molecular complexity index is 597. The van der Waals surface area contributed by atoms with Gasteiger partial charge < -0.3 is 4.98 Å². The highest BCUT2D eigenvalue weighted by Gasteiger charge is 2.23. The predicted octanol–water partition coefficient (Wildman–Crippen LogP) is 3.13. The van der Waals surface area contributed by atoms with E-state index in [1.165, 1.54) is 0 Å². The molecule has 0 aliphatic heterocycles. The van der Waals surface area contributed by atoms with Gasteiger partial charge in [0.1, 0.15) is 5.82 Å². The van der Waals surface area contributed by atoms with Crippen LogP contribution in [0.4, 0.5) is 4.39 Å². The van der Waals surface area contributed by atoms with Crippen LogP contribution in [-0.2, 0) is 6.42 Å². The number of benzene rings is 1. The fraction of sp³-hybridized carbons (Fsp3) is 0.308. The van der Waals surface area contributed by atoms with E-state index < -0.39 is 0 Å². The second-order valence-electron chi connectivity index (χ2n) is 4.37. The van der Waals surface area contributed by atoms with Gasteiger partial charge in [0.05, 0.1) is 11.2 Å². The van der Waals surface area contributed by atoms with Crippen molar-refractivity contribution in [3.8, 4) is 0 Å². The van der Waals surface area contributed by atoms with Crippen LogP contribution in [0.2, 0.25) is 0 Å². The molecule has 0 unspecified atom stereocenters. The maximum Gasteiger partial charge on any atom is 0.179 e. The van der Waals surface area contributed by atoms with Crippen LogP contribution in [0, 0.1) is 12.7 Å². The van der Waals surface area contributed by atoms with Gasteiger partial charge in [-0.25, -0.2) is 4.39 Å². The average Bonchev–Trinajstić information content (AvgIpc) is 2.65. The molecule has 16 heavy (non-hydrogen) atoms. The number of nitrogens with one attached hydrogen (secondary N) is 1. The molecule has 0 fully saturated rings. The molecule has 1 aromatic heterocycles. The average molecular weight is 217 g/mol. The minimum Gasteiger partial charge on any atom is -0.349 e. The minimum atomic E-state index is -0.236. The van der Waals surface area contributed by atoms with Crippen LogP contribution in [0.25, 0.3) is 10.9 Å². The van der Waals surface area contributed by atoms with Gasteiger partial charge in [-0.15, -0.1) is 0 Å². The van der Waals surface area contributed by atoms with Gasteiger partial charge in [-0.1, -0.05) is 12.1 Å². The molecule has 0 amide bonds. The van der Waals surface area contributed by atoms with E-state index in [1.807, 2.05) is 6.07 Å². The molecule has 0 saturated carbocycles. The lowest BCUT2D eigenvalue weighted by Crippen LogP contribution is -2.09. The van der Waals surface area contributed by atoms with Crippen LogP contribution in [0.1, 0.15) is 34.5 Å². The van der Waals surface area contributed by atoms with Crippen molar-refractivity contribution in [1.82, 2.24) is 4.98 Å². The molecule has 1 heterocycles. The number of aromatic amines is 1. The van der Waals surface area contributed by atoms with E-state index in [2.05, 4.69) is 4.98 Å². The summed E-state index contributed by atoms with van der Waals surface area (Å²) in [6.45, 7) is 1.73. The van der Waals surface area contributed by atoms with Crippen molar-refractivity contribution in [2.75, 3.05) is 0 Å². The number of aromatic nitrogens is 1. The van der Waals surface area contributed by atoms with Crippen molar-refractivity contribution in [3.05, 3.63) is 34.8 Å². The van der Waals surface area contributed by atoms with E-state index in [9.17, 15) is 9.18 Å². The van der Waals surface area contributed by atoms with Crippen LogP contribution in [-0.4, -0.2) is 10.8 Å². The third-order valence-electron chi connectivity index (χ3n) is 3.32. The number of carbonyl (C=O) groups excluding carboxylic acids is 1. The van der Waals surface area contributed by atoms with Gasteiger partial charge in [0.15, 0.2) is 5.78 Å². The highest BCUT2D eigenvalue weighted by Crippen LogP contribution is 2.31. The fourth-order valence-corrected chi connectivity index (χ4v) is 2.44. The first kappa shape index (κ1) is 9.58. The molecule has 3 heteroatoms. The standard InChI is InChI=1S/C13H12FNO/c1-7-5-6-9-8-3-2-4-10(16)12(8)15-13(9)11(7)14/h5-6,15H,2-4H2,1H3. The molecule has 1 aliphatic rings. The zero-order valence-electron chi connectivity index (χ0n) is 9.06. The van der Waals surface area contributed by atoms with E-state index in [-0.39, 0.29) is 11.6 Å². The molecule has 0 spiro atoms. The smallest absolute Gasteiger partial charge is 0.179 e. The monoisotopic (exact) mass is 217 g/mol. The summed E-state index contributed by atoms with van der Waals surface area (Å²) in [5, 5.41) is 0.867. The number of hydrogen-bond donors (Lipinski definition) is 1. The highest BCUT2D eigenvalue weighted by molar-refractivity contribution is 6.03. The van der Waals surface area contributed by atoms with Gasteiger partial charge in [-0.2, -0.15) is 0 Å². The lowest BCUT2D eigenvalue weighted by Gasteiger charge is -2.09. The van der Waals surface area contributed by atoms with Gasteiger partial charge in [0, 0.05) is 11.8 Å². The Morgan fingerprint density at radius 3 is 2.94 bits per heavy atom. The molecule has 2 aromatic rings.